The molecule has 0 amide bonds. The third kappa shape index (κ3) is 2.51. The van der Waals surface area contributed by atoms with Crippen LogP contribution in [0.25, 0.3) is 0 Å². The number of nitrogens with zero attached hydrogens (tertiary/aromatic N) is 1. The molecule has 0 saturated heterocycles. The van der Waals surface area contributed by atoms with E-state index in [1.54, 1.807) is 12.1 Å². The molecule has 20 heavy (non-hydrogen) atoms. The highest BCUT2D eigenvalue weighted by molar-refractivity contribution is 8.14. The van der Waals surface area contributed by atoms with Crippen LogP contribution in [-0.4, -0.2) is 22.6 Å². The lowest BCUT2D eigenvalue weighted by molar-refractivity contribution is 0.0967. The fraction of sp³-hybridized carbons (Fsp3) is 0.125. The van der Waals surface area contributed by atoms with Gasteiger partial charge in [0.05, 0.1) is 10.6 Å². The molecule has 0 fully saturated rings. The predicted molar refractivity (Wildman–Crippen MR) is 80.0 cm³/mol. The zero-order valence-corrected chi connectivity index (χ0v) is 11.4. The number of hydrogen-bond donors (Lipinski definition) is 0. The SMILES string of the molecule is O=C(c1ccccc1F)C1CSC(c2ccccc2)=N1. The van der Waals surface area contributed by atoms with Crippen LogP contribution in [-0.2, 0) is 0 Å². The average molecular weight is 285 g/mol. The summed E-state index contributed by atoms with van der Waals surface area (Å²) in [5, 5.41) is 0.847. The van der Waals surface area contributed by atoms with Crippen LogP contribution < -0.4 is 0 Å². The summed E-state index contributed by atoms with van der Waals surface area (Å²) in [6.07, 6.45) is 0. The molecule has 4 heteroatoms. The molecule has 2 aromatic rings. The van der Waals surface area contributed by atoms with Gasteiger partial charge in [0.2, 0.25) is 0 Å². The molecule has 0 bridgehead atoms. The van der Waals surface area contributed by atoms with Crippen molar-refractivity contribution in [3.63, 3.8) is 0 Å². The van der Waals surface area contributed by atoms with E-state index in [1.807, 2.05) is 30.3 Å². The Balaban J connectivity index is 1.85. The standard InChI is InChI=1S/C16H12FNOS/c17-13-9-5-4-8-12(13)15(19)14-10-20-16(18-14)11-6-2-1-3-7-11/h1-9,14H,10H2. The van der Waals surface area contributed by atoms with E-state index in [9.17, 15) is 9.18 Å². The lowest BCUT2D eigenvalue weighted by Crippen LogP contribution is -2.20. The smallest absolute Gasteiger partial charge is 0.191 e. The number of carbonyl (C=O) groups is 1. The van der Waals surface area contributed by atoms with Crippen LogP contribution in [0.15, 0.2) is 59.6 Å². The number of halogens is 1. The number of benzene rings is 2. The van der Waals surface area contributed by atoms with Crippen LogP contribution in [0.4, 0.5) is 4.39 Å². The van der Waals surface area contributed by atoms with Gasteiger partial charge in [0.1, 0.15) is 11.9 Å². The zero-order valence-electron chi connectivity index (χ0n) is 10.6. The number of hydrogen-bond acceptors (Lipinski definition) is 3. The first kappa shape index (κ1) is 13.1. The van der Waals surface area contributed by atoms with E-state index in [0.29, 0.717) is 5.75 Å². The maximum atomic E-state index is 13.6. The number of carbonyl (C=O) groups excluding carboxylic acids is 1. The topological polar surface area (TPSA) is 29.4 Å². The number of Topliss-reactive ketones (excluding diaryl/α,β-unsaturated/α-hetero) is 1. The lowest BCUT2D eigenvalue weighted by atomic mass is 10.1. The Kier molecular flexibility index (Phi) is 3.65. The van der Waals surface area contributed by atoms with Crippen molar-refractivity contribution in [3.05, 3.63) is 71.5 Å². The van der Waals surface area contributed by atoms with Crippen LogP contribution >= 0.6 is 11.8 Å². The molecule has 1 aliphatic rings. The van der Waals surface area contributed by atoms with Gasteiger partial charge in [0, 0.05) is 11.3 Å². The van der Waals surface area contributed by atoms with Gasteiger partial charge in [-0.15, -0.1) is 11.8 Å². The van der Waals surface area contributed by atoms with Crippen molar-refractivity contribution >= 4 is 22.6 Å². The maximum absolute atomic E-state index is 13.6. The summed E-state index contributed by atoms with van der Waals surface area (Å²) >= 11 is 1.54. The van der Waals surface area contributed by atoms with Gasteiger partial charge in [0.25, 0.3) is 0 Å². The molecule has 2 nitrogen and oxygen atoms in total. The summed E-state index contributed by atoms with van der Waals surface area (Å²) in [5.41, 5.74) is 1.12. The van der Waals surface area contributed by atoms with Gasteiger partial charge in [0.15, 0.2) is 5.78 Å². The first-order valence-electron chi connectivity index (χ1n) is 6.30. The second kappa shape index (κ2) is 5.59. The molecule has 100 valence electrons. The summed E-state index contributed by atoms with van der Waals surface area (Å²) in [6.45, 7) is 0. The molecular formula is C16H12FNOS. The molecule has 0 aromatic heterocycles. The van der Waals surface area contributed by atoms with Crippen molar-refractivity contribution in [3.8, 4) is 0 Å². The second-order valence-corrected chi connectivity index (χ2v) is 5.48. The summed E-state index contributed by atoms with van der Waals surface area (Å²) in [4.78, 5) is 16.7. The second-order valence-electron chi connectivity index (χ2n) is 4.47. The van der Waals surface area contributed by atoms with Crippen LogP contribution in [0, 0.1) is 5.82 Å². The highest BCUT2D eigenvalue weighted by atomic mass is 32.2. The summed E-state index contributed by atoms with van der Waals surface area (Å²) in [6, 6.07) is 15.3. The van der Waals surface area contributed by atoms with E-state index in [1.165, 1.54) is 23.9 Å². The maximum Gasteiger partial charge on any atom is 0.191 e. The zero-order chi connectivity index (χ0) is 13.9. The van der Waals surface area contributed by atoms with E-state index in [0.717, 1.165) is 10.6 Å². The van der Waals surface area contributed by atoms with E-state index >= 15 is 0 Å². The van der Waals surface area contributed by atoms with E-state index in [2.05, 4.69) is 4.99 Å². The molecule has 0 N–H and O–H groups in total. The minimum atomic E-state index is -0.493. The molecular weight excluding hydrogens is 273 g/mol. The Labute approximate surface area is 120 Å². The fourth-order valence-corrected chi connectivity index (χ4v) is 3.13. The van der Waals surface area contributed by atoms with Crippen molar-refractivity contribution in [2.45, 2.75) is 6.04 Å². The molecule has 0 saturated carbocycles. The molecule has 1 aliphatic heterocycles. The monoisotopic (exact) mass is 285 g/mol. The minimum absolute atomic E-state index is 0.121. The van der Waals surface area contributed by atoms with Gasteiger partial charge in [-0.1, -0.05) is 42.5 Å². The molecule has 2 aromatic carbocycles. The number of aliphatic imine (C=N–C) groups is 1. The van der Waals surface area contributed by atoms with E-state index in [4.69, 9.17) is 0 Å². The Morgan fingerprint density at radius 3 is 2.55 bits per heavy atom. The summed E-state index contributed by atoms with van der Waals surface area (Å²) < 4.78 is 13.6. The van der Waals surface area contributed by atoms with Gasteiger partial charge in [-0.25, -0.2) is 4.39 Å². The van der Waals surface area contributed by atoms with Crippen LogP contribution in [0.3, 0.4) is 0 Å². The molecule has 3 rings (SSSR count). The van der Waals surface area contributed by atoms with E-state index in [-0.39, 0.29) is 11.3 Å². The Hall–Kier alpha value is -1.94. The highest BCUT2D eigenvalue weighted by Gasteiger charge is 2.27. The Morgan fingerprint density at radius 2 is 1.80 bits per heavy atom. The first-order valence-corrected chi connectivity index (χ1v) is 7.29. The van der Waals surface area contributed by atoms with Gasteiger partial charge < -0.3 is 0 Å². The largest absolute Gasteiger partial charge is 0.292 e. The molecule has 0 aliphatic carbocycles. The Morgan fingerprint density at radius 1 is 1.10 bits per heavy atom. The van der Waals surface area contributed by atoms with Crippen molar-refractivity contribution in [1.29, 1.82) is 0 Å². The number of thioether (sulfide) groups is 1. The summed E-state index contributed by atoms with van der Waals surface area (Å²) in [5.74, 6) is -0.162. The normalized spacial score (nSPS) is 17.9. The predicted octanol–water partition coefficient (Wildman–Crippen LogP) is 3.57. The number of ketones is 1. The summed E-state index contributed by atoms with van der Waals surface area (Å²) in [7, 11) is 0. The molecule has 1 unspecified atom stereocenters. The van der Waals surface area contributed by atoms with Crippen LogP contribution in [0.5, 0.6) is 0 Å². The van der Waals surface area contributed by atoms with Crippen molar-refractivity contribution < 1.29 is 9.18 Å². The van der Waals surface area contributed by atoms with Gasteiger partial charge >= 0.3 is 0 Å². The quantitative estimate of drug-likeness (QED) is 0.807. The molecule has 0 spiro atoms. The van der Waals surface area contributed by atoms with Gasteiger partial charge in [-0.2, -0.15) is 0 Å². The molecule has 0 radical (unpaired) electrons. The van der Waals surface area contributed by atoms with Crippen molar-refractivity contribution in [1.82, 2.24) is 0 Å². The van der Waals surface area contributed by atoms with Gasteiger partial charge in [-0.3, -0.25) is 9.79 Å². The lowest BCUT2D eigenvalue weighted by Gasteiger charge is -2.05. The van der Waals surface area contributed by atoms with Gasteiger partial charge in [-0.05, 0) is 12.1 Å². The third-order valence-corrected chi connectivity index (χ3v) is 4.21. The fourth-order valence-electron chi connectivity index (χ4n) is 2.09. The van der Waals surface area contributed by atoms with Crippen molar-refractivity contribution in [2.75, 3.05) is 5.75 Å². The average Bonchev–Trinajstić information content (AvgIpc) is 2.98. The Bertz CT molecular complexity index is 669. The van der Waals surface area contributed by atoms with Crippen LogP contribution in [0.2, 0.25) is 0 Å². The molecule has 1 heterocycles. The number of rotatable bonds is 3. The first-order chi connectivity index (χ1) is 9.75. The van der Waals surface area contributed by atoms with E-state index < -0.39 is 11.9 Å². The minimum Gasteiger partial charge on any atom is -0.292 e. The highest BCUT2D eigenvalue weighted by Crippen LogP contribution is 2.26. The van der Waals surface area contributed by atoms with Crippen LogP contribution in [0.1, 0.15) is 15.9 Å². The van der Waals surface area contributed by atoms with Crippen molar-refractivity contribution in [2.24, 2.45) is 4.99 Å². The third-order valence-electron chi connectivity index (χ3n) is 3.11. The molecule has 1 atom stereocenters.